The van der Waals surface area contributed by atoms with Crippen LogP contribution in [0.15, 0.2) is 77.3 Å². The van der Waals surface area contributed by atoms with E-state index in [9.17, 15) is 0 Å². The number of pyridine rings is 1. The van der Waals surface area contributed by atoms with E-state index in [1.807, 2.05) is 30.3 Å². The van der Waals surface area contributed by atoms with Crippen molar-refractivity contribution < 1.29 is 7.16 Å². The van der Waals surface area contributed by atoms with Gasteiger partial charge < -0.3 is 4.42 Å². The van der Waals surface area contributed by atoms with Crippen LogP contribution in [0.4, 0.5) is 0 Å². The van der Waals surface area contributed by atoms with Crippen molar-refractivity contribution in [3.05, 3.63) is 78.5 Å². The van der Waals surface area contributed by atoms with Gasteiger partial charge in [0.05, 0.1) is 5.69 Å². The predicted octanol–water partition coefficient (Wildman–Crippen LogP) is 7.22. The Kier molecular flexibility index (Phi) is 3.40. The van der Waals surface area contributed by atoms with Gasteiger partial charge in [-0.25, -0.2) is 0 Å². The lowest BCUT2D eigenvalue weighted by atomic mass is 10.0. The first-order valence-corrected chi connectivity index (χ1v) is 13.1. The van der Waals surface area contributed by atoms with Gasteiger partial charge >= 0.3 is 0 Å². The van der Waals surface area contributed by atoms with E-state index in [2.05, 4.69) is 55.0 Å². The van der Waals surface area contributed by atoms with Crippen molar-refractivity contribution in [3.8, 4) is 11.3 Å². The van der Waals surface area contributed by atoms with E-state index >= 15 is 0 Å². The van der Waals surface area contributed by atoms with Crippen LogP contribution in [-0.4, -0.2) is 13.1 Å². The highest BCUT2D eigenvalue weighted by Gasteiger charge is 2.17. The summed E-state index contributed by atoms with van der Waals surface area (Å²) in [6, 6.07) is 22.3. The van der Waals surface area contributed by atoms with Gasteiger partial charge in [-0.2, -0.15) is 0 Å². The summed E-state index contributed by atoms with van der Waals surface area (Å²) < 4.78 is 23.8. The highest BCUT2D eigenvalue weighted by molar-refractivity contribution is 6.75. The van der Waals surface area contributed by atoms with E-state index in [1.165, 1.54) is 0 Å². The zero-order valence-electron chi connectivity index (χ0n) is 18.3. The molecule has 2 nitrogen and oxygen atoms in total. The van der Waals surface area contributed by atoms with Gasteiger partial charge in [-0.15, -0.1) is 0 Å². The van der Waals surface area contributed by atoms with Gasteiger partial charge in [0.2, 0.25) is 0 Å². The zero-order valence-corrected chi connectivity index (χ0v) is 17.3. The Hall–Kier alpha value is -2.91. The minimum absolute atomic E-state index is 0.685. The molecule has 5 rings (SSSR count). The number of para-hydroxylation sites is 1. The lowest BCUT2D eigenvalue weighted by Gasteiger charge is -2.16. The van der Waals surface area contributed by atoms with Crippen molar-refractivity contribution in [1.82, 2.24) is 4.98 Å². The number of rotatable bonds is 3. The standard InChI is InChI=1S/C25H23NOSi/c1-28(2,3)16-17-13-14-26-23(15-17)22-10-6-9-20-21-12-11-18-7-4-5-8-19(18)24(21)27-25(20)22/h4-15H,16H2,1-3H3/i16D2. The molecular formula is C25H23NOSi. The summed E-state index contributed by atoms with van der Waals surface area (Å²) in [6.45, 7) is 6.16. The van der Waals surface area contributed by atoms with Crippen molar-refractivity contribution in [1.29, 1.82) is 0 Å². The number of fused-ring (bicyclic) bond motifs is 5. The van der Waals surface area contributed by atoms with Crippen LogP contribution in [0.25, 0.3) is 44.0 Å². The Labute approximate surface area is 168 Å². The molecule has 0 saturated carbocycles. The van der Waals surface area contributed by atoms with Crippen LogP contribution >= 0.6 is 0 Å². The molecule has 0 aliphatic carbocycles. The zero-order chi connectivity index (χ0) is 21.1. The fourth-order valence-electron chi connectivity index (χ4n) is 3.82. The van der Waals surface area contributed by atoms with E-state index in [-0.39, 0.29) is 0 Å². The Morgan fingerprint density at radius 3 is 2.50 bits per heavy atom. The molecule has 0 fully saturated rings. The monoisotopic (exact) mass is 383 g/mol. The minimum Gasteiger partial charge on any atom is -0.455 e. The second-order valence-corrected chi connectivity index (χ2v) is 13.0. The lowest BCUT2D eigenvalue weighted by molar-refractivity contribution is 0.673. The van der Waals surface area contributed by atoms with Crippen molar-refractivity contribution in [3.63, 3.8) is 0 Å². The minimum atomic E-state index is -2.08. The summed E-state index contributed by atoms with van der Waals surface area (Å²) in [6.07, 6.45) is 1.71. The highest BCUT2D eigenvalue weighted by atomic mass is 28.3. The predicted molar refractivity (Wildman–Crippen MR) is 122 cm³/mol. The molecule has 0 bridgehead atoms. The van der Waals surface area contributed by atoms with Gasteiger partial charge in [0.1, 0.15) is 11.2 Å². The van der Waals surface area contributed by atoms with E-state index in [4.69, 9.17) is 7.16 Å². The molecule has 0 atom stereocenters. The van der Waals surface area contributed by atoms with Crippen molar-refractivity contribution in [2.24, 2.45) is 0 Å². The van der Waals surface area contributed by atoms with Gasteiger partial charge in [-0.05, 0) is 41.2 Å². The second kappa shape index (κ2) is 6.32. The fourth-order valence-corrected chi connectivity index (χ4v) is 4.84. The Morgan fingerprint density at radius 2 is 1.64 bits per heavy atom. The summed E-state index contributed by atoms with van der Waals surface area (Å²) in [4.78, 5) is 4.58. The van der Waals surface area contributed by atoms with Gasteiger partial charge in [0, 0.05) is 38.7 Å². The molecule has 3 aromatic carbocycles. The number of hydrogen-bond acceptors (Lipinski definition) is 2. The topological polar surface area (TPSA) is 26.0 Å². The van der Waals surface area contributed by atoms with Crippen molar-refractivity contribution in [2.45, 2.75) is 25.6 Å². The van der Waals surface area contributed by atoms with Gasteiger partial charge in [0.15, 0.2) is 0 Å². The molecule has 0 aliphatic rings. The second-order valence-electron chi connectivity index (χ2n) is 8.25. The van der Waals surface area contributed by atoms with E-state index in [1.54, 1.807) is 12.3 Å². The van der Waals surface area contributed by atoms with E-state index < -0.39 is 14.1 Å². The maximum atomic E-state index is 8.70. The molecule has 0 spiro atoms. The molecule has 28 heavy (non-hydrogen) atoms. The number of aromatic nitrogens is 1. The summed E-state index contributed by atoms with van der Waals surface area (Å²) in [5.41, 5.74) is 3.99. The number of nitrogens with zero attached hydrogens (tertiary/aromatic N) is 1. The average Bonchev–Trinajstić information content (AvgIpc) is 3.12. The van der Waals surface area contributed by atoms with E-state index in [0.29, 0.717) is 5.56 Å². The molecular weight excluding hydrogens is 358 g/mol. The lowest BCUT2D eigenvalue weighted by Crippen LogP contribution is -2.23. The van der Waals surface area contributed by atoms with Gasteiger partial charge in [-0.3, -0.25) is 4.98 Å². The molecule has 2 heterocycles. The number of hydrogen-bond donors (Lipinski definition) is 0. The molecule has 138 valence electrons. The Morgan fingerprint density at radius 1 is 0.857 bits per heavy atom. The maximum absolute atomic E-state index is 8.70. The van der Waals surface area contributed by atoms with Crippen LogP contribution in [0.2, 0.25) is 19.6 Å². The molecule has 0 saturated heterocycles. The van der Waals surface area contributed by atoms with Crippen LogP contribution in [0.1, 0.15) is 8.30 Å². The summed E-state index contributed by atoms with van der Waals surface area (Å²) in [7, 11) is -2.08. The molecule has 0 radical (unpaired) electrons. The third-order valence-corrected chi connectivity index (χ3v) is 5.98. The molecule has 0 aliphatic heterocycles. The first kappa shape index (κ1) is 15.1. The fraction of sp³-hybridized carbons (Fsp3) is 0.160. The molecule has 0 N–H and O–H groups in total. The Bertz CT molecular complexity index is 1420. The van der Waals surface area contributed by atoms with Crippen LogP contribution in [0.5, 0.6) is 0 Å². The van der Waals surface area contributed by atoms with Crippen LogP contribution in [0.3, 0.4) is 0 Å². The maximum Gasteiger partial charge on any atom is 0.144 e. The summed E-state index contributed by atoms with van der Waals surface area (Å²) >= 11 is 0. The quantitative estimate of drug-likeness (QED) is 0.307. The van der Waals surface area contributed by atoms with Crippen LogP contribution in [0, 0.1) is 0 Å². The molecule has 2 aromatic heterocycles. The molecule has 0 amide bonds. The SMILES string of the molecule is [2H]C([2H])(c1ccnc(-c2cccc3c2oc2c4ccccc4ccc32)c1)[Si](C)(C)C. The Balaban J connectivity index is 1.76. The molecule has 0 unspecified atom stereocenters. The van der Waals surface area contributed by atoms with Crippen molar-refractivity contribution in [2.75, 3.05) is 0 Å². The third kappa shape index (κ3) is 2.92. The third-order valence-electron chi connectivity index (χ3n) is 4.94. The molecule has 3 heteroatoms. The number of benzene rings is 3. The first-order chi connectivity index (χ1) is 14.3. The van der Waals surface area contributed by atoms with Crippen LogP contribution < -0.4 is 0 Å². The van der Waals surface area contributed by atoms with Gasteiger partial charge in [0.25, 0.3) is 0 Å². The highest BCUT2D eigenvalue weighted by Crippen LogP contribution is 2.38. The average molecular weight is 384 g/mol. The van der Waals surface area contributed by atoms with Crippen molar-refractivity contribution >= 4 is 40.8 Å². The smallest absolute Gasteiger partial charge is 0.144 e. The summed E-state index contributed by atoms with van der Waals surface area (Å²) in [5, 5.41) is 4.37. The normalized spacial score (nSPS) is 13.8. The van der Waals surface area contributed by atoms with Gasteiger partial charge in [-0.1, -0.05) is 62.1 Å². The first-order valence-electron chi connectivity index (χ1n) is 10.6. The number of furan rings is 1. The van der Waals surface area contributed by atoms with E-state index in [0.717, 1.165) is 44.0 Å². The van der Waals surface area contributed by atoms with Crippen LogP contribution in [-0.2, 0) is 6.00 Å². The molecule has 5 aromatic rings. The largest absolute Gasteiger partial charge is 0.455 e. The summed E-state index contributed by atoms with van der Waals surface area (Å²) in [5.74, 6) is -1.34.